The second-order valence-corrected chi connectivity index (χ2v) is 4.41. The van der Waals surface area contributed by atoms with Crippen LogP contribution in [0.1, 0.15) is 31.2 Å². The van der Waals surface area contributed by atoms with Crippen molar-refractivity contribution in [3.05, 3.63) is 29.3 Å². The molecule has 0 heterocycles. The maximum Gasteiger partial charge on any atom is 0.235 e. The molecule has 18 heavy (non-hydrogen) atoms. The van der Waals surface area contributed by atoms with E-state index in [9.17, 15) is 13.6 Å². The third kappa shape index (κ3) is 2.02. The van der Waals surface area contributed by atoms with Crippen LogP contribution in [0.2, 0.25) is 0 Å². The third-order valence-corrected chi connectivity index (χ3v) is 3.39. The summed E-state index contributed by atoms with van der Waals surface area (Å²) in [6.45, 7) is 0. The fourth-order valence-corrected chi connectivity index (χ4v) is 2.63. The summed E-state index contributed by atoms with van der Waals surface area (Å²) in [6, 6.07) is 1.90. The summed E-state index contributed by atoms with van der Waals surface area (Å²) >= 11 is 0. The van der Waals surface area contributed by atoms with Crippen LogP contribution in [-0.4, -0.2) is 13.2 Å². The second kappa shape index (κ2) is 4.86. The molecule has 0 saturated heterocycles. The summed E-state index contributed by atoms with van der Waals surface area (Å²) < 4.78 is 32.2. The van der Waals surface area contributed by atoms with Crippen LogP contribution in [0.3, 0.4) is 0 Å². The van der Waals surface area contributed by atoms with Crippen LogP contribution >= 0.6 is 0 Å². The quantitative estimate of drug-likeness (QED) is 0.613. The average Bonchev–Trinajstić information content (AvgIpc) is 2.77. The Hall–Kier alpha value is -1.74. The number of hydrogen-bond acceptors (Lipinski definition) is 3. The molecule has 1 saturated carbocycles. The van der Waals surface area contributed by atoms with E-state index in [2.05, 4.69) is 4.99 Å². The number of isocyanates is 1. The lowest BCUT2D eigenvalue weighted by Crippen LogP contribution is -2.22. The van der Waals surface area contributed by atoms with Crippen LogP contribution in [0.25, 0.3) is 0 Å². The molecular formula is C13H13F2NO2. The molecule has 1 aliphatic rings. The molecule has 1 fully saturated rings. The smallest absolute Gasteiger partial charge is 0.235 e. The van der Waals surface area contributed by atoms with E-state index in [1.54, 1.807) is 0 Å². The standard InChI is InChI=1S/C13H13F2NO2/c1-18-11-7-9(14)6-10(15)12(11)13(16-8-17)4-2-3-5-13/h6-7H,2-5H2,1H3. The minimum Gasteiger partial charge on any atom is -0.496 e. The van der Waals surface area contributed by atoms with Gasteiger partial charge in [-0.05, 0) is 12.8 Å². The number of carbonyl (C=O) groups excluding carboxylic acids is 1. The van der Waals surface area contributed by atoms with Gasteiger partial charge in [0.15, 0.2) is 0 Å². The Morgan fingerprint density at radius 3 is 2.56 bits per heavy atom. The molecule has 0 bridgehead atoms. The first-order chi connectivity index (χ1) is 8.63. The van der Waals surface area contributed by atoms with Gasteiger partial charge >= 0.3 is 0 Å². The molecule has 1 aromatic carbocycles. The molecule has 3 nitrogen and oxygen atoms in total. The molecule has 0 aliphatic heterocycles. The van der Waals surface area contributed by atoms with E-state index < -0.39 is 17.2 Å². The van der Waals surface area contributed by atoms with Crippen molar-refractivity contribution in [3.8, 4) is 5.75 Å². The van der Waals surface area contributed by atoms with Crippen LogP contribution in [-0.2, 0) is 10.3 Å². The molecular weight excluding hydrogens is 240 g/mol. The fraction of sp³-hybridized carbons (Fsp3) is 0.462. The molecule has 96 valence electrons. The Morgan fingerprint density at radius 2 is 2.00 bits per heavy atom. The number of rotatable bonds is 3. The van der Waals surface area contributed by atoms with Crippen LogP contribution in [0.15, 0.2) is 17.1 Å². The van der Waals surface area contributed by atoms with Crippen molar-refractivity contribution in [2.45, 2.75) is 31.2 Å². The van der Waals surface area contributed by atoms with Crippen molar-refractivity contribution in [2.24, 2.45) is 4.99 Å². The average molecular weight is 253 g/mol. The lowest BCUT2D eigenvalue weighted by atomic mass is 9.87. The lowest BCUT2D eigenvalue weighted by Gasteiger charge is -2.25. The SMILES string of the molecule is COc1cc(F)cc(F)c1C1(N=C=O)CCCC1. The Bertz CT molecular complexity index is 504. The maximum atomic E-state index is 14.0. The van der Waals surface area contributed by atoms with Gasteiger partial charge in [-0.15, -0.1) is 0 Å². The van der Waals surface area contributed by atoms with Gasteiger partial charge in [-0.1, -0.05) is 12.8 Å². The zero-order valence-corrected chi connectivity index (χ0v) is 10.0. The van der Waals surface area contributed by atoms with E-state index in [1.165, 1.54) is 13.2 Å². The normalized spacial score (nSPS) is 17.3. The summed E-state index contributed by atoms with van der Waals surface area (Å²) in [4.78, 5) is 14.4. The van der Waals surface area contributed by atoms with Gasteiger partial charge in [0.1, 0.15) is 22.9 Å². The molecule has 0 radical (unpaired) electrons. The number of halogens is 2. The summed E-state index contributed by atoms with van der Waals surface area (Å²) in [7, 11) is 1.34. The van der Waals surface area contributed by atoms with Crippen molar-refractivity contribution >= 4 is 6.08 Å². The van der Waals surface area contributed by atoms with Crippen molar-refractivity contribution in [3.63, 3.8) is 0 Å². The molecule has 0 unspecified atom stereocenters. The molecule has 5 heteroatoms. The Morgan fingerprint density at radius 1 is 1.33 bits per heavy atom. The predicted molar refractivity (Wildman–Crippen MR) is 61.2 cm³/mol. The van der Waals surface area contributed by atoms with E-state index in [4.69, 9.17) is 4.74 Å². The Balaban J connectivity index is 2.64. The zero-order chi connectivity index (χ0) is 13.2. The largest absolute Gasteiger partial charge is 0.496 e. The van der Waals surface area contributed by atoms with Gasteiger partial charge in [-0.3, -0.25) is 0 Å². The number of methoxy groups -OCH3 is 1. The molecule has 0 atom stereocenters. The van der Waals surface area contributed by atoms with Crippen molar-refractivity contribution in [2.75, 3.05) is 7.11 Å². The summed E-state index contributed by atoms with van der Waals surface area (Å²) in [5, 5.41) is 0. The summed E-state index contributed by atoms with van der Waals surface area (Å²) in [5.41, 5.74) is -0.794. The van der Waals surface area contributed by atoms with Crippen LogP contribution in [0.5, 0.6) is 5.75 Å². The molecule has 0 amide bonds. The first-order valence-electron chi connectivity index (χ1n) is 5.75. The number of hydrogen-bond donors (Lipinski definition) is 0. The number of benzene rings is 1. The van der Waals surface area contributed by atoms with Crippen molar-refractivity contribution in [1.29, 1.82) is 0 Å². The molecule has 1 aromatic rings. The van der Waals surface area contributed by atoms with Crippen LogP contribution < -0.4 is 4.74 Å². The lowest BCUT2D eigenvalue weighted by molar-refractivity contribution is 0.361. The number of aliphatic imine (C=N–C) groups is 1. The van der Waals surface area contributed by atoms with E-state index >= 15 is 0 Å². The van der Waals surface area contributed by atoms with Gasteiger partial charge in [0.05, 0.1) is 12.7 Å². The minimum atomic E-state index is -0.953. The maximum absolute atomic E-state index is 14.0. The van der Waals surface area contributed by atoms with E-state index in [0.29, 0.717) is 12.8 Å². The Kier molecular flexibility index (Phi) is 3.43. The van der Waals surface area contributed by atoms with Crippen molar-refractivity contribution in [1.82, 2.24) is 0 Å². The van der Waals surface area contributed by atoms with Crippen LogP contribution in [0, 0.1) is 11.6 Å². The highest BCUT2D eigenvalue weighted by Gasteiger charge is 2.40. The van der Waals surface area contributed by atoms with Crippen molar-refractivity contribution < 1.29 is 18.3 Å². The molecule has 1 aliphatic carbocycles. The molecule has 0 N–H and O–H groups in total. The predicted octanol–water partition coefficient (Wildman–Crippen LogP) is 3.08. The van der Waals surface area contributed by atoms with Gasteiger partial charge in [0.2, 0.25) is 6.08 Å². The topological polar surface area (TPSA) is 38.7 Å². The van der Waals surface area contributed by atoms with E-state index in [1.807, 2.05) is 0 Å². The third-order valence-electron chi connectivity index (χ3n) is 3.39. The van der Waals surface area contributed by atoms with Gasteiger partial charge in [-0.2, -0.15) is 4.99 Å². The van der Waals surface area contributed by atoms with Gasteiger partial charge in [-0.25, -0.2) is 13.6 Å². The van der Waals surface area contributed by atoms with Gasteiger partial charge < -0.3 is 4.74 Å². The molecule has 0 aromatic heterocycles. The number of ether oxygens (including phenoxy) is 1. The highest BCUT2D eigenvalue weighted by atomic mass is 19.1. The van der Waals surface area contributed by atoms with E-state index in [-0.39, 0.29) is 11.3 Å². The summed E-state index contributed by atoms with van der Waals surface area (Å²) in [6.07, 6.45) is 4.26. The second-order valence-electron chi connectivity index (χ2n) is 4.41. The van der Waals surface area contributed by atoms with Gasteiger partial charge in [0.25, 0.3) is 0 Å². The Labute approximate surface area is 103 Å². The first kappa shape index (κ1) is 12.7. The summed E-state index contributed by atoms with van der Waals surface area (Å²) in [5.74, 6) is -1.35. The highest BCUT2D eigenvalue weighted by molar-refractivity contribution is 5.45. The molecule has 0 spiro atoms. The number of nitrogens with zero attached hydrogens (tertiary/aromatic N) is 1. The molecule has 2 rings (SSSR count). The zero-order valence-electron chi connectivity index (χ0n) is 10.0. The van der Waals surface area contributed by atoms with Gasteiger partial charge in [0, 0.05) is 12.1 Å². The first-order valence-corrected chi connectivity index (χ1v) is 5.75. The van der Waals surface area contributed by atoms with Crippen LogP contribution in [0.4, 0.5) is 8.78 Å². The van der Waals surface area contributed by atoms with E-state index in [0.717, 1.165) is 25.0 Å². The monoisotopic (exact) mass is 253 g/mol. The highest BCUT2D eigenvalue weighted by Crippen LogP contribution is 2.46. The minimum absolute atomic E-state index is 0.0911. The fourth-order valence-electron chi connectivity index (χ4n) is 2.63.